The van der Waals surface area contributed by atoms with Crippen molar-refractivity contribution in [2.24, 2.45) is 0 Å². The van der Waals surface area contributed by atoms with Gasteiger partial charge in [0.15, 0.2) is 0 Å². The molecule has 0 aliphatic heterocycles. The monoisotopic (exact) mass is 210 g/mol. The maximum absolute atomic E-state index is 11.5. The number of hydrogen-bond donors (Lipinski definition) is 1. The van der Waals surface area contributed by atoms with Gasteiger partial charge < -0.3 is 4.74 Å². The van der Waals surface area contributed by atoms with Crippen molar-refractivity contribution in [2.75, 3.05) is 6.61 Å². The molecule has 0 aromatic carbocycles. The highest BCUT2D eigenvalue weighted by molar-refractivity contribution is 4.99. The van der Waals surface area contributed by atoms with Gasteiger partial charge in [-0.15, -0.1) is 6.58 Å². The SMILES string of the molecule is C=CCOC(C)n1c(C)cc(=O)[nH]c1=O. The van der Waals surface area contributed by atoms with Crippen LogP contribution in [-0.2, 0) is 4.74 Å². The maximum Gasteiger partial charge on any atom is 0.330 e. The van der Waals surface area contributed by atoms with Gasteiger partial charge in [-0.05, 0) is 13.8 Å². The van der Waals surface area contributed by atoms with Crippen LogP contribution in [0, 0.1) is 6.92 Å². The van der Waals surface area contributed by atoms with Crippen molar-refractivity contribution < 1.29 is 4.74 Å². The Hall–Kier alpha value is -1.62. The first-order chi connectivity index (χ1) is 7.06. The molecule has 0 spiro atoms. The summed E-state index contributed by atoms with van der Waals surface area (Å²) in [4.78, 5) is 24.6. The predicted octanol–water partition coefficient (Wildman–Crippen LogP) is 0.566. The molecule has 0 amide bonds. The van der Waals surface area contributed by atoms with Crippen LogP contribution >= 0.6 is 0 Å². The second-order valence-corrected chi connectivity index (χ2v) is 3.17. The minimum Gasteiger partial charge on any atom is -0.354 e. The third kappa shape index (κ3) is 2.66. The van der Waals surface area contributed by atoms with Gasteiger partial charge in [0, 0.05) is 11.8 Å². The summed E-state index contributed by atoms with van der Waals surface area (Å²) < 4.78 is 6.68. The summed E-state index contributed by atoms with van der Waals surface area (Å²) in [5, 5.41) is 0. The van der Waals surface area contributed by atoms with Crippen LogP contribution in [0.25, 0.3) is 0 Å². The molecule has 5 heteroatoms. The molecular weight excluding hydrogens is 196 g/mol. The van der Waals surface area contributed by atoms with Crippen LogP contribution in [0.2, 0.25) is 0 Å². The van der Waals surface area contributed by atoms with Crippen molar-refractivity contribution in [1.82, 2.24) is 9.55 Å². The molecule has 0 aliphatic rings. The molecule has 0 saturated carbocycles. The van der Waals surface area contributed by atoms with Gasteiger partial charge in [0.05, 0.1) is 6.61 Å². The highest BCUT2D eigenvalue weighted by Gasteiger charge is 2.09. The molecule has 1 aromatic heterocycles. The van der Waals surface area contributed by atoms with E-state index in [1.54, 1.807) is 19.9 Å². The Balaban J connectivity index is 3.08. The molecule has 0 radical (unpaired) electrons. The van der Waals surface area contributed by atoms with Gasteiger partial charge in [-0.1, -0.05) is 6.08 Å². The molecule has 0 saturated heterocycles. The molecule has 0 aliphatic carbocycles. The van der Waals surface area contributed by atoms with Gasteiger partial charge in [-0.3, -0.25) is 14.3 Å². The molecular formula is C10H14N2O3. The highest BCUT2D eigenvalue weighted by atomic mass is 16.5. The smallest absolute Gasteiger partial charge is 0.330 e. The quantitative estimate of drug-likeness (QED) is 0.739. The lowest BCUT2D eigenvalue weighted by Gasteiger charge is -2.16. The molecule has 1 N–H and O–H groups in total. The Morgan fingerprint density at radius 2 is 2.33 bits per heavy atom. The molecule has 1 atom stereocenters. The molecule has 5 nitrogen and oxygen atoms in total. The Morgan fingerprint density at radius 1 is 1.67 bits per heavy atom. The van der Waals surface area contributed by atoms with E-state index >= 15 is 0 Å². The lowest BCUT2D eigenvalue weighted by molar-refractivity contribution is 0.0298. The second kappa shape index (κ2) is 4.75. The van der Waals surface area contributed by atoms with Crippen molar-refractivity contribution in [3.8, 4) is 0 Å². The van der Waals surface area contributed by atoms with Gasteiger partial charge in [0.2, 0.25) is 0 Å². The van der Waals surface area contributed by atoms with E-state index in [2.05, 4.69) is 11.6 Å². The van der Waals surface area contributed by atoms with E-state index in [4.69, 9.17) is 4.74 Å². The van der Waals surface area contributed by atoms with Gasteiger partial charge in [0.25, 0.3) is 5.56 Å². The van der Waals surface area contributed by atoms with Crippen LogP contribution in [0.1, 0.15) is 18.8 Å². The van der Waals surface area contributed by atoms with Crippen molar-refractivity contribution in [1.29, 1.82) is 0 Å². The fourth-order valence-corrected chi connectivity index (χ4v) is 1.35. The summed E-state index contributed by atoms with van der Waals surface area (Å²) in [6, 6.07) is 1.36. The number of aromatic amines is 1. The summed E-state index contributed by atoms with van der Waals surface area (Å²) in [5.41, 5.74) is -0.290. The average molecular weight is 210 g/mol. The zero-order valence-electron chi connectivity index (χ0n) is 8.82. The summed E-state index contributed by atoms with van der Waals surface area (Å²) in [6.07, 6.45) is 1.18. The van der Waals surface area contributed by atoms with Gasteiger partial charge >= 0.3 is 5.69 Å². The summed E-state index contributed by atoms with van der Waals surface area (Å²) >= 11 is 0. The van der Waals surface area contributed by atoms with E-state index in [0.29, 0.717) is 12.3 Å². The lowest BCUT2D eigenvalue weighted by atomic mass is 10.4. The van der Waals surface area contributed by atoms with Crippen molar-refractivity contribution in [2.45, 2.75) is 20.1 Å². The minimum absolute atomic E-state index is 0.353. The van der Waals surface area contributed by atoms with Crippen molar-refractivity contribution in [3.05, 3.63) is 45.3 Å². The molecule has 1 heterocycles. The number of H-pyrrole nitrogens is 1. The third-order valence-electron chi connectivity index (χ3n) is 1.99. The van der Waals surface area contributed by atoms with Crippen LogP contribution in [0.5, 0.6) is 0 Å². The standard InChI is InChI=1S/C10H14N2O3/c1-4-5-15-8(3)12-7(2)6-9(13)11-10(12)14/h4,6,8H,1,5H2,2-3H3,(H,11,13,14). The predicted molar refractivity (Wildman–Crippen MR) is 56.9 cm³/mol. The van der Waals surface area contributed by atoms with E-state index in [-0.39, 0.29) is 0 Å². The van der Waals surface area contributed by atoms with Gasteiger partial charge in [-0.2, -0.15) is 0 Å². The molecule has 82 valence electrons. The molecule has 1 unspecified atom stereocenters. The fraction of sp³-hybridized carbons (Fsp3) is 0.400. The number of hydrogen-bond acceptors (Lipinski definition) is 3. The summed E-state index contributed by atoms with van der Waals surface area (Å²) in [6.45, 7) is 7.29. The molecule has 0 bridgehead atoms. The molecule has 0 fully saturated rings. The number of aryl methyl sites for hydroxylation is 1. The molecule has 1 aromatic rings. The minimum atomic E-state index is -0.462. The topological polar surface area (TPSA) is 64.1 Å². The molecule has 15 heavy (non-hydrogen) atoms. The number of nitrogens with one attached hydrogen (secondary N) is 1. The Kier molecular flexibility index (Phi) is 3.62. The van der Waals surface area contributed by atoms with Crippen LogP contribution in [-0.4, -0.2) is 16.2 Å². The first kappa shape index (κ1) is 11.5. The highest BCUT2D eigenvalue weighted by Crippen LogP contribution is 2.05. The summed E-state index contributed by atoms with van der Waals surface area (Å²) in [5.74, 6) is 0. The largest absolute Gasteiger partial charge is 0.354 e. The number of aromatic nitrogens is 2. The Labute approximate surface area is 87.0 Å². The second-order valence-electron chi connectivity index (χ2n) is 3.17. The van der Waals surface area contributed by atoms with E-state index in [0.717, 1.165) is 0 Å². The normalized spacial score (nSPS) is 12.4. The average Bonchev–Trinajstić information content (AvgIpc) is 2.12. The van der Waals surface area contributed by atoms with E-state index in [9.17, 15) is 9.59 Å². The van der Waals surface area contributed by atoms with Crippen molar-refractivity contribution >= 4 is 0 Å². The number of ether oxygens (including phenoxy) is 1. The Bertz CT molecular complexity index is 458. The van der Waals surface area contributed by atoms with E-state index in [1.807, 2.05) is 0 Å². The van der Waals surface area contributed by atoms with Crippen LogP contribution in [0.4, 0.5) is 0 Å². The zero-order valence-corrected chi connectivity index (χ0v) is 8.82. The first-order valence-corrected chi connectivity index (χ1v) is 4.61. The molecule has 1 rings (SSSR count). The third-order valence-corrected chi connectivity index (χ3v) is 1.99. The van der Waals surface area contributed by atoms with Gasteiger partial charge in [-0.25, -0.2) is 4.79 Å². The first-order valence-electron chi connectivity index (χ1n) is 4.61. The van der Waals surface area contributed by atoms with E-state index in [1.165, 1.54) is 10.6 Å². The summed E-state index contributed by atoms with van der Waals surface area (Å²) in [7, 11) is 0. The fourth-order valence-electron chi connectivity index (χ4n) is 1.35. The van der Waals surface area contributed by atoms with Crippen molar-refractivity contribution in [3.63, 3.8) is 0 Å². The lowest BCUT2D eigenvalue weighted by Crippen LogP contribution is -2.33. The van der Waals surface area contributed by atoms with Crippen LogP contribution < -0.4 is 11.2 Å². The zero-order chi connectivity index (χ0) is 11.4. The maximum atomic E-state index is 11.5. The van der Waals surface area contributed by atoms with Crippen LogP contribution in [0.3, 0.4) is 0 Å². The number of nitrogens with zero attached hydrogens (tertiary/aromatic N) is 1. The Morgan fingerprint density at radius 3 is 2.87 bits per heavy atom. The van der Waals surface area contributed by atoms with Crippen LogP contribution in [0.15, 0.2) is 28.3 Å². The van der Waals surface area contributed by atoms with Gasteiger partial charge in [0.1, 0.15) is 6.23 Å². The van der Waals surface area contributed by atoms with E-state index < -0.39 is 17.5 Å². The number of rotatable bonds is 4.